The summed E-state index contributed by atoms with van der Waals surface area (Å²) in [5.74, 6) is -1.58. The Balaban J connectivity index is 1.42. The normalized spacial score (nSPS) is 22.6. The number of nitrogens with two attached hydrogens (primary N) is 1. The molecule has 1 unspecified atom stereocenters. The highest BCUT2D eigenvalue weighted by atomic mass is 32.2. The smallest absolute Gasteiger partial charge is 0.250 e. The Morgan fingerprint density at radius 1 is 1.22 bits per heavy atom. The van der Waals surface area contributed by atoms with Gasteiger partial charge in [0.05, 0.1) is 30.1 Å². The number of nitrogens with zero attached hydrogens (tertiary/aromatic N) is 6. The highest BCUT2D eigenvalue weighted by molar-refractivity contribution is 7.89. The molecule has 190 valence electrons. The molecule has 1 saturated heterocycles. The van der Waals surface area contributed by atoms with Gasteiger partial charge in [-0.25, -0.2) is 17.2 Å². The van der Waals surface area contributed by atoms with E-state index in [1.165, 1.54) is 29.7 Å². The van der Waals surface area contributed by atoms with E-state index in [-0.39, 0.29) is 30.5 Å². The molecule has 5 rings (SSSR count). The van der Waals surface area contributed by atoms with Gasteiger partial charge in [0.1, 0.15) is 11.6 Å². The SMILES string of the molecule is CS(=O)(=O)n1cc2c(n1)CN([C@@H]1C[C@H](N)C(c3cc(F)ccc3F)N(C(=O)Cc3cnccn3)C1)C2. The number of piperidine rings is 1. The van der Waals surface area contributed by atoms with E-state index in [2.05, 4.69) is 20.0 Å². The second-order valence-corrected chi connectivity index (χ2v) is 11.1. The zero-order valence-corrected chi connectivity index (χ0v) is 20.3. The van der Waals surface area contributed by atoms with Crippen LogP contribution in [0.5, 0.6) is 0 Å². The van der Waals surface area contributed by atoms with E-state index in [1.54, 1.807) is 0 Å². The zero-order valence-electron chi connectivity index (χ0n) is 19.5. The van der Waals surface area contributed by atoms with Gasteiger partial charge in [-0.1, -0.05) is 0 Å². The summed E-state index contributed by atoms with van der Waals surface area (Å²) < 4.78 is 53.5. The highest BCUT2D eigenvalue weighted by Crippen LogP contribution is 2.36. The lowest BCUT2D eigenvalue weighted by Crippen LogP contribution is -2.57. The third-order valence-corrected chi connectivity index (χ3v) is 7.54. The Hall–Kier alpha value is -3.29. The molecule has 36 heavy (non-hydrogen) atoms. The van der Waals surface area contributed by atoms with Gasteiger partial charge in [-0.2, -0.15) is 9.19 Å². The fourth-order valence-electron chi connectivity index (χ4n) is 5.01. The Kier molecular flexibility index (Phi) is 6.30. The predicted molar refractivity (Wildman–Crippen MR) is 125 cm³/mol. The van der Waals surface area contributed by atoms with Crippen LogP contribution >= 0.6 is 0 Å². The van der Waals surface area contributed by atoms with Gasteiger partial charge in [0.25, 0.3) is 10.0 Å². The number of hydrogen-bond donors (Lipinski definition) is 1. The van der Waals surface area contributed by atoms with Gasteiger partial charge >= 0.3 is 0 Å². The van der Waals surface area contributed by atoms with E-state index >= 15 is 0 Å². The third kappa shape index (κ3) is 4.73. The largest absolute Gasteiger partial charge is 0.332 e. The Morgan fingerprint density at radius 3 is 2.72 bits per heavy atom. The van der Waals surface area contributed by atoms with Crippen molar-refractivity contribution in [1.29, 1.82) is 0 Å². The topological polar surface area (TPSA) is 127 Å². The first-order valence-corrected chi connectivity index (χ1v) is 13.2. The summed E-state index contributed by atoms with van der Waals surface area (Å²) in [5.41, 5.74) is 8.44. The van der Waals surface area contributed by atoms with Gasteiger partial charge in [0, 0.05) is 67.6 Å². The lowest BCUT2D eigenvalue weighted by atomic mass is 9.87. The Labute approximate surface area is 206 Å². The molecule has 13 heteroatoms. The molecule has 4 heterocycles. The van der Waals surface area contributed by atoms with Crippen molar-refractivity contribution in [3.63, 3.8) is 0 Å². The van der Waals surface area contributed by atoms with E-state index in [0.717, 1.165) is 34.1 Å². The molecule has 2 N–H and O–H groups in total. The quantitative estimate of drug-likeness (QED) is 0.531. The van der Waals surface area contributed by atoms with Gasteiger partial charge in [-0.3, -0.25) is 19.7 Å². The fraction of sp³-hybridized carbons (Fsp3) is 0.391. The van der Waals surface area contributed by atoms with E-state index in [0.29, 0.717) is 30.9 Å². The molecule has 0 bridgehead atoms. The van der Waals surface area contributed by atoms with Crippen molar-refractivity contribution < 1.29 is 22.0 Å². The summed E-state index contributed by atoms with van der Waals surface area (Å²) in [4.78, 5) is 25.2. The van der Waals surface area contributed by atoms with E-state index in [4.69, 9.17) is 5.73 Å². The van der Waals surface area contributed by atoms with Crippen LogP contribution in [-0.4, -0.2) is 68.2 Å². The molecular formula is C23H25F2N7O3S. The average molecular weight is 518 g/mol. The molecule has 1 fully saturated rings. The number of hydrogen-bond acceptors (Lipinski definition) is 8. The number of carbonyl (C=O) groups excluding carboxylic acids is 1. The summed E-state index contributed by atoms with van der Waals surface area (Å²) >= 11 is 0. The van der Waals surface area contributed by atoms with Gasteiger partial charge < -0.3 is 10.6 Å². The van der Waals surface area contributed by atoms with Crippen LogP contribution in [-0.2, 0) is 34.3 Å². The summed E-state index contributed by atoms with van der Waals surface area (Å²) in [6.45, 7) is 1.05. The highest BCUT2D eigenvalue weighted by Gasteiger charge is 2.42. The van der Waals surface area contributed by atoms with Crippen LogP contribution in [0.15, 0.2) is 43.0 Å². The molecule has 0 saturated carbocycles. The van der Waals surface area contributed by atoms with E-state index in [1.807, 2.05) is 0 Å². The number of likely N-dealkylation sites (tertiary alicyclic amines) is 1. The molecule has 0 radical (unpaired) electrons. The van der Waals surface area contributed by atoms with Gasteiger partial charge in [-0.15, -0.1) is 0 Å². The zero-order chi connectivity index (χ0) is 25.6. The maximum Gasteiger partial charge on any atom is 0.250 e. The maximum absolute atomic E-state index is 14.8. The minimum absolute atomic E-state index is 0.0302. The minimum atomic E-state index is -3.49. The van der Waals surface area contributed by atoms with Crippen molar-refractivity contribution in [2.45, 2.75) is 44.1 Å². The number of fused-ring (bicyclic) bond motifs is 1. The van der Waals surface area contributed by atoms with Crippen molar-refractivity contribution in [1.82, 2.24) is 29.0 Å². The first-order valence-electron chi connectivity index (χ1n) is 11.4. The molecule has 2 aromatic heterocycles. The monoisotopic (exact) mass is 517 g/mol. The summed E-state index contributed by atoms with van der Waals surface area (Å²) in [6.07, 6.45) is 7.39. The summed E-state index contributed by atoms with van der Waals surface area (Å²) in [5, 5.41) is 4.19. The number of amides is 1. The van der Waals surface area contributed by atoms with Crippen molar-refractivity contribution in [2.24, 2.45) is 5.73 Å². The number of benzene rings is 1. The molecule has 1 amide bonds. The van der Waals surface area contributed by atoms with Crippen LogP contribution < -0.4 is 5.73 Å². The maximum atomic E-state index is 14.8. The summed E-state index contributed by atoms with van der Waals surface area (Å²) in [6, 6.07) is 1.42. The predicted octanol–water partition coefficient (Wildman–Crippen LogP) is 0.987. The molecule has 3 atom stereocenters. The van der Waals surface area contributed by atoms with Crippen LogP contribution in [0.1, 0.15) is 35.0 Å². The van der Waals surface area contributed by atoms with E-state index in [9.17, 15) is 22.0 Å². The van der Waals surface area contributed by atoms with Crippen LogP contribution in [0.3, 0.4) is 0 Å². The minimum Gasteiger partial charge on any atom is -0.332 e. The number of halogens is 2. The average Bonchev–Trinajstić information content (AvgIpc) is 3.41. The number of carbonyl (C=O) groups is 1. The lowest BCUT2D eigenvalue weighted by Gasteiger charge is -2.46. The molecule has 0 aliphatic carbocycles. The van der Waals surface area contributed by atoms with Crippen molar-refractivity contribution in [2.75, 3.05) is 12.8 Å². The van der Waals surface area contributed by atoms with Crippen LogP contribution in [0, 0.1) is 11.6 Å². The van der Waals surface area contributed by atoms with Gasteiger partial charge in [-0.05, 0) is 24.6 Å². The van der Waals surface area contributed by atoms with Crippen LogP contribution in [0.4, 0.5) is 8.78 Å². The van der Waals surface area contributed by atoms with Gasteiger partial charge in [0.15, 0.2) is 0 Å². The van der Waals surface area contributed by atoms with Gasteiger partial charge in [0.2, 0.25) is 5.91 Å². The van der Waals surface area contributed by atoms with E-state index < -0.39 is 33.7 Å². The van der Waals surface area contributed by atoms with Crippen LogP contribution in [0.25, 0.3) is 0 Å². The molecule has 0 spiro atoms. The second kappa shape index (κ2) is 9.30. The van der Waals surface area contributed by atoms with Crippen molar-refractivity contribution in [3.05, 3.63) is 77.1 Å². The summed E-state index contributed by atoms with van der Waals surface area (Å²) in [7, 11) is -3.49. The molecule has 2 aliphatic heterocycles. The molecule has 1 aromatic carbocycles. The van der Waals surface area contributed by atoms with Crippen LogP contribution in [0.2, 0.25) is 0 Å². The fourth-order valence-corrected chi connectivity index (χ4v) is 5.57. The van der Waals surface area contributed by atoms with Crippen molar-refractivity contribution >= 4 is 15.9 Å². The number of aromatic nitrogens is 4. The number of rotatable bonds is 5. The Bertz CT molecular complexity index is 1380. The first kappa shape index (κ1) is 24.4. The molecule has 2 aliphatic rings. The Morgan fingerprint density at radius 2 is 2.03 bits per heavy atom. The lowest BCUT2D eigenvalue weighted by molar-refractivity contribution is -0.137. The third-order valence-electron chi connectivity index (χ3n) is 6.68. The standard InChI is InChI=1S/C23H25F2N7O3S/c1-36(34,35)32-11-14-10-30(13-21(14)29-32)17-8-20(26)23(18-6-15(24)2-3-19(18)25)31(12-17)22(33)7-16-9-27-4-5-28-16/h2-6,9,11,17,20,23H,7-8,10,12-13,26H2,1H3/t17-,20+,23?/m1/s1. The second-order valence-electron chi connectivity index (χ2n) is 9.23. The molecule has 3 aromatic rings. The first-order chi connectivity index (χ1) is 17.1. The molecule has 10 nitrogen and oxygen atoms in total. The molecular weight excluding hydrogens is 492 g/mol. The van der Waals surface area contributed by atoms with Crippen molar-refractivity contribution in [3.8, 4) is 0 Å².